The molecule has 0 aliphatic carbocycles. The molecule has 0 atom stereocenters. The van der Waals surface area contributed by atoms with Gasteiger partial charge in [0.15, 0.2) is 0 Å². The minimum atomic E-state index is 0. The van der Waals surface area contributed by atoms with E-state index in [2.05, 4.69) is 27.5 Å². The molecular weight excluding hydrogens is 236 g/mol. The Morgan fingerprint density at radius 1 is 1.50 bits per heavy atom. The van der Waals surface area contributed by atoms with Gasteiger partial charge in [0.25, 0.3) is 0 Å². The number of alkyl halides is 1. The Balaban J connectivity index is 0. The molecule has 0 heterocycles. The molecule has 42 valence electrons. The van der Waals surface area contributed by atoms with Crippen molar-refractivity contribution in [1.29, 1.82) is 0 Å². The number of hydrogen-bond donors (Lipinski definition) is 0. The van der Waals surface area contributed by atoms with Gasteiger partial charge in [-0.15, -0.1) is 0 Å². The molecule has 0 rings (SSSR count). The van der Waals surface area contributed by atoms with Gasteiger partial charge in [-0.05, 0) is 14.1 Å². The zero-order chi connectivity index (χ0) is 4.28. The maximum absolute atomic E-state index is 2.30. The van der Waals surface area contributed by atoms with Gasteiger partial charge in [0.05, 0.1) is 0 Å². The first kappa shape index (κ1) is 10.2. The monoisotopic (exact) mass is 243 g/mol. The topological polar surface area (TPSA) is 3.24 Å². The van der Waals surface area contributed by atoms with Crippen LogP contribution >= 0.6 is 22.6 Å². The van der Waals surface area contributed by atoms with E-state index in [-0.39, 0.29) is 16.5 Å². The fourth-order valence-electron chi connectivity index (χ4n) is 0. The quantitative estimate of drug-likeness (QED) is 0.287. The Labute approximate surface area is 62.5 Å². The molecule has 0 radical (unpaired) electrons. The second kappa shape index (κ2) is 6.18. The molecule has 0 aliphatic heterocycles. The molecule has 0 aliphatic rings. The van der Waals surface area contributed by atoms with Crippen molar-refractivity contribution in [3.8, 4) is 0 Å². The third-order valence-corrected chi connectivity index (χ3v) is 1.60. The van der Waals surface area contributed by atoms with Gasteiger partial charge in [-0.1, -0.05) is 22.6 Å². The molecule has 0 fully saturated rings. The summed E-state index contributed by atoms with van der Waals surface area (Å²) in [6, 6.07) is 0. The van der Waals surface area contributed by atoms with Gasteiger partial charge in [0, 0.05) is 21.0 Å². The summed E-state index contributed by atoms with van der Waals surface area (Å²) in [5, 5.41) is 0. The average molecular weight is 244 g/mol. The van der Waals surface area contributed by atoms with Gasteiger partial charge in [-0.3, -0.25) is 0 Å². The van der Waals surface area contributed by atoms with Crippen molar-refractivity contribution in [1.82, 2.24) is 4.90 Å². The van der Waals surface area contributed by atoms with Crippen LogP contribution in [0.4, 0.5) is 0 Å². The van der Waals surface area contributed by atoms with E-state index in [4.69, 9.17) is 0 Å². The van der Waals surface area contributed by atoms with Gasteiger partial charge in [-0.2, -0.15) is 0 Å². The fourth-order valence-corrected chi connectivity index (χ4v) is 0. The molecule has 0 N–H and O–H groups in total. The minimum Gasteiger partial charge on any atom is -0.300 e. The fraction of sp³-hybridized carbons (Fsp3) is 1.00. The Morgan fingerprint density at radius 3 is 1.67 bits per heavy atom. The first-order valence-electron chi connectivity index (χ1n) is 1.48. The van der Waals surface area contributed by atoms with Crippen LogP contribution in [0.3, 0.4) is 0 Å². The second-order valence-corrected chi connectivity index (χ2v) is 1.88. The Morgan fingerprint density at radius 2 is 1.67 bits per heavy atom. The van der Waals surface area contributed by atoms with E-state index in [9.17, 15) is 0 Å². The van der Waals surface area contributed by atoms with Crippen LogP contribution in [-0.2, 0) is 16.5 Å². The van der Waals surface area contributed by atoms with E-state index in [1.165, 1.54) is 0 Å². The van der Waals surface area contributed by atoms with E-state index >= 15 is 0 Å². The SMILES string of the molecule is CN(C)CI.[Ni]. The zero-order valence-corrected chi connectivity index (χ0v) is 6.99. The van der Waals surface area contributed by atoms with Crippen LogP contribution in [0.2, 0.25) is 0 Å². The average Bonchev–Trinajstić information content (AvgIpc) is 1.38. The van der Waals surface area contributed by atoms with Crippen LogP contribution in [0.25, 0.3) is 0 Å². The Hall–Kier alpha value is 1.18. The molecule has 0 saturated heterocycles. The van der Waals surface area contributed by atoms with E-state index in [1.807, 2.05) is 14.1 Å². The van der Waals surface area contributed by atoms with Crippen molar-refractivity contribution in [2.45, 2.75) is 0 Å². The molecule has 6 heavy (non-hydrogen) atoms. The number of rotatable bonds is 1. The number of halogens is 1. The molecule has 0 aromatic carbocycles. The third-order valence-electron chi connectivity index (χ3n) is 0.239. The van der Waals surface area contributed by atoms with E-state index in [0.29, 0.717) is 0 Å². The van der Waals surface area contributed by atoms with Crippen molar-refractivity contribution in [2.24, 2.45) is 0 Å². The first-order chi connectivity index (χ1) is 2.27. The predicted molar refractivity (Wildman–Crippen MR) is 32.6 cm³/mol. The van der Waals surface area contributed by atoms with Crippen molar-refractivity contribution >= 4 is 22.6 Å². The van der Waals surface area contributed by atoms with Gasteiger partial charge >= 0.3 is 0 Å². The van der Waals surface area contributed by atoms with Crippen molar-refractivity contribution in [3.63, 3.8) is 0 Å². The molecule has 0 unspecified atom stereocenters. The molecule has 1 nitrogen and oxygen atoms in total. The molecule has 0 bridgehead atoms. The minimum absolute atomic E-state index is 0. The summed E-state index contributed by atoms with van der Waals surface area (Å²) < 4.78 is 1.11. The van der Waals surface area contributed by atoms with Crippen molar-refractivity contribution < 1.29 is 16.5 Å². The summed E-state index contributed by atoms with van der Waals surface area (Å²) in [5.74, 6) is 0. The first-order valence-corrected chi connectivity index (χ1v) is 3.00. The summed E-state index contributed by atoms with van der Waals surface area (Å²) >= 11 is 2.30. The zero-order valence-electron chi connectivity index (χ0n) is 3.85. The van der Waals surface area contributed by atoms with Gasteiger partial charge < -0.3 is 4.90 Å². The second-order valence-electron chi connectivity index (χ2n) is 1.20. The molecule has 0 spiro atoms. The van der Waals surface area contributed by atoms with Crippen molar-refractivity contribution in [2.75, 3.05) is 18.6 Å². The number of hydrogen-bond acceptors (Lipinski definition) is 1. The molecule has 0 saturated carbocycles. The normalized spacial score (nSPS) is 8.00. The molecule has 0 aromatic rings. The van der Waals surface area contributed by atoms with E-state index in [1.54, 1.807) is 0 Å². The molecule has 0 aromatic heterocycles. The predicted octanol–water partition coefficient (Wildman–Crippen LogP) is 0.938. The van der Waals surface area contributed by atoms with Crippen LogP contribution in [0.5, 0.6) is 0 Å². The summed E-state index contributed by atoms with van der Waals surface area (Å²) in [6.45, 7) is 0. The van der Waals surface area contributed by atoms with E-state index < -0.39 is 0 Å². The summed E-state index contributed by atoms with van der Waals surface area (Å²) in [5.41, 5.74) is 0. The van der Waals surface area contributed by atoms with Gasteiger partial charge in [-0.25, -0.2) is 0 Å². The standard InChI is InChI=1S/C3H8IN.Ni/c1-5(2)3-4;/h3H2,1-2H3;. The Kier molecular flexibility index (Phi) is 10.5. The van der Waals surface area contributed by atoms with Gasteiger partial charge in [0.1, 0.15) is 0 Å². The molecule has 3 heteroatoms. The molecular formula is C3H8INNi. The maximum atomic E-state index is 2.30. The smallest absolute Gasteiger partial charge is 0.0500 e. The third kappa shape index (κ3) is 8.95. The summed E-state index contributed by atoms with van der Waals surface area (Å²) in [4.78, 5) is 2.11. The largest absolute Gasteiger partial charge is 0.300 e. The van der Waals surface area contributed by atoms with Crippen LogP contribution < -0.4 is 0 Å². The van der Waals surface area contributed by atoms with Crippen LogP contribution in [-0.4, -0.2) is 23.5 Å². The number of nitrogens with zero attached hydrogens (tertiary/aromatic N) is 1. The molecule has 0 amide bonds. The maximum Gasteiger partial charge on any atom is 0.0500 e. The Bertz CT molecular complexity index is 24.8. The van der Waals surface area contributed by atoms with Crippen molar-refractivity contribution in [3.05, 3.63) is 0 Å². The van der Waals surface area contributed by atoms with Gasteiger partial charge in [0.2, 0.25) is 0 Å². The van der Waals surface area contributed by atoms with Crippen LogP contribution in [0.15, 0.2) is 0 Å². The van der Waals surface area contributed by atoms with Crippen LogP contribution in [0, 0.1) is 0 Å². The van der Waals surface area contributed by atoms with Crippen LogP contribution in [0.1, 0.15) is 0 Å². The van der Waals surface area contributed by atoms with E-state index in [0.717, 1.165) is 4.55 Å². The summed E-state index contributed by atoms with van der Waals surface area (Å²) in [6.07, 6.45) is 0. The summed E-state index contributed by atoms with van der Waals surface area (Å²) in [7, 11) is 4.10.